The molecule has 0 aromatic heterocycles. The SMILES string of the molecule is O=C(NCc1ccccc1)C1CCN(C(=O)C2CC2)CC1. The van der Waals surface area contributed by atoms with E-state index >= 15 is 0 Å². The maximum absolute atomic E-state index is 12.2. The first kappa shape index (κ1) is 14.1. The smallest absolute Gasteiger partial charge is 0.225 e. The van der Waals surface area contributed by atoms with E-state index in [-0.39, 0.29) is 17.7 Å². The van der Waals surface area contributed by atoms with Gasteiger partial charge in [0.2, 0.25) is 11.8 Å². The molecule has 0 radical (unpaired) electrons. The standard InChI is InChI=1S/C17H22N2O2/c20-16(18-12-13-4-2-1-3-5-13)14-8-10-19(11-9-14)17(21)15-6-7-15/h1-5,14-15H,6-12H2,(H,18,20). The Labute approximate surface area is 125 Å². The molecule has 2 fully saturated rings. The van der Waals surface area contributed by atoms with Gasteiger partial charge in [-0.15, -0.1) is 0 Å². The minimum Gasteiger partial charge on any atom is -0.352 e. The third-order valence-corrected chi connectivity index (χ3v) is 4.41. The molecule has 1 aromatic rings. The number of hydrogen-bond acceptors (Lipinski definition) is 2. The van der Waals surface area contributed by atoms with Crippen molar-refractivity contribution in [2.45, 2.75) is 32.2 Å². The van der Waals surface area contributed by atoms with Crippen LogP contribution in [-0.2, 0) is 16.1 Å². The van der Waals surface area contributed by atoms with Crippen molar-refractivity contribution in [1.82, 2.24) is 10.2 Å². The largest absolute Gasteiger partial charge is 0.352 e. The predicted octanol–water partition coefficient (Wildman–Crippen LogP) is 1.95. The van der Waals surface area contributed by atoms with Gasteiger partial charge >= 0.3 is 0 Å². The Hall–Kier alpha value is -1.84. The minimum absolute atomic E-state index is 0.0527. The molecule has 1 aliphatic carbocycles. The first-order valence-corrected chi connectivity index (χ1v) is 7.84. The quantitative estimate of drug-likeness (QED) is 0.919. The number of benzene rings is 1. The van der Waals surface area contributed by atoms with Crippen molar-refractivity contribution in [3.63, 3.8) is 0 Å². The third kappa shape index (κ3) is 3.63. The third-order valence-electron chi connectivity index (χ3n) is 4.41. The number of likely N-dealkylation sites (tertiary alicyclic amines) is 1. The number of carbonyl (C=O) groups is 2. The van der Waals surface area contributed by atoms with Crippen LogP contribution in [-0.4, -0.2) is 29.8 Å². The van der Waals surface area contributed by atoms with E-state index in [0.717, 1.165) is 44.3 Å². The number of nitrogens with zero attached hydrogens (tertiary/aromatic N) is 1. The van der Waals surface area contributed by atoms with Crippen LogP contribution in [0, 0.1) is 11.8 Å². The fourth-order valence-electron chi connectivity index (χ4n) is 2.88. The second-order valence-electron chi connectivity index (χ2n) is 6.08. The van der Waals surface area contributed by atoms with E-state index in [4.69, 9.17) is 0 Å². The number of carbonyl (C=O) groups excluding carboxylic acids is 2. The van der Waals surface area contributed by atoms with Crippen molar-refractivity contribution in [3.8, 4) is 0 Å². The summed E-state index contributed by atoms with van der Waals surface area (Å²) >= 11 is 0. The van der Waals surface area contributed by atoms with E-state index in [2.05, 4.69) is 5.32 Å². The van der Waals surface area contributed by atoms with Gasteiger partial charge < -0.3 is 10.2 Å². The van der Waals surface area contributed by atoms with Crippen LogP contribution in [0.4, 0.5) is 0 Å². The first-order valence-electron chi connectivity index (χ1n) is 7.84. The lowest BCUT2D eigenvalue weighted by Gasteiger charge is -2.31. The zero-order valence-electron chi connectivity index (χ0n) is 12.3. The summed E-state index contributed by atoms with van der Waals surface area (Å²) < 4.78 is 0. The van der Waals surface area contributed by atoms with Crippen LogP contribution in [0.5, 0.6) is 0 Å². The van der Waals surface area contributed by atoms with Crippen molar-refractivity contribution < 1.29 is 9.59 Å². The Bertz CT molecular complexity index is 503. The molecular weight excluding hydrogens is 264 g/mol. The Morgan fingerprint density at radius 3 is 2.29 bits per heavy atom. The highest BCUT2D eigenvalue weighted by Gasteiger charge is 2.35. The number of piperidine rings is 1. The molecule has 0 bridgehead atoms. The molecule has 0 atom stereocenters. The Balaban J connectivity index is 1.43. The maximum atomic E-state index is 12.2. The number of nitrogens with one attached hydrogen (secondary N) is 1. The molecule has 1 saturated carbocycles. The van der Waals surface area contributed by atoms with Gasteiger partial charge in [0.15, 0.2) is 0 Å². The lowest BCUT2D eigenvalue weighted by Crippen LogP contribution is -2.43. The molecule has 112 valence electrons. The Morgan fingerprint density at radius 1 is 1.00 bits per heavy atom. The molecule has 4 heteroatoms. The van der Waals surface area contributed by atoms with E-state index in [1.54, 1.807) is 0 Å². The zero-order valence-corrected chi connectivity index (χ0v) is 12.3. The van der Waals surface area contributed by atoms with Gasteiger partial charge in [0.1, 0.15) is 0 Å². The molecule has 2 aliphatic rings. The number of hydrogen-bond donors (Lipinski definition) is 1. The molecule has 0 spiro atoms. The van der Waals surface area contributed by atoms with Gasteiger partial charge in [0, 0.05) is 31.5 Å². The van der Waals surface area contributed by atoms with Crippen LogP contribution < -0.4 is 5.32 Å². The predicted molar refractivity (Wildman–Crippen MR) is 80.3 cm³/mol. The van der Waals surface area contributed by atoms with Gasteiger partial charge in [0.05, 0.1) is 0 Å². The second kappa shape index (κ2) is 6.29. The van der Waals surface area contributed by atoms with E-state index in [1.165, 1.54) is 0 Å². The molecule has 0 unspecified atom stereocenters. The van der Waals surface area contributed by atoms with Gasteiger partial charge in [-0.3, -0.25) is 9.59 Å². The van der Waals surface area contributed by atoms with Crippen LogP contribution in [0.2, 0.25) is 0 Å². The van der Waals surface area contributed by atoms with Gasteiger partial charge in [-0.25, -0.2) is 0 Å². The summed E-state index contributed by atoms with van der Waals surface area (Å²) in [6.07, 6.45) is 3.69. The minimum atomic E-state index is 0.0527. The molecule has 1 aliphatic heterocycles. The molecule has 1 saturated heterocycles. The second-order valence-corrected chi connectivity index (χ2v) is 6.08. The van der Waals surface area contributed by atoms with Crippen LogP contribution in [0.3, 0.4) is 0 Å². The molecule has 1 aromatic carbocycles. The first-order chi connectivity index (χ1) is 10.2. The van der Waals surface area contributed by atoms with Gasteiger partial charge in [0.25, 0.3) is 0 Å². The van der Waals surface area contributed by atoms with Crippen LogP contribution in [0.1, 0.15) is 31.2 Å². The topological polar surface area (TPSA) is 49.4 Å². The Morgan fingerprint density at radius 2 is 1.67 bits per heavy atom. The summed E-state index contributed by atoms with van der Waals surface area (Å²) in [4.78, 5) is 26.1. The van der Waals surface area contributed by atoms with E-state index < -0.39 is 0 Å². The summed E-state index contributed by atoms with van der Waals surface area (Å²) in [5.74, 6) is 0.765. The molecule has 1 N–H and O–H groups in total. The van der Waals surface area contributed by atoms with Crippen molar-refractivity contribution in [2.24, 2.45) is 11.8 Å². The lowest BCUT2D eigenvalue weighted by atomic mass is 9.95. The van der Waals surface area contributed by atoms with Crippen molar-refractivity contribution >= 4 is 11.8 Å². The highest BCUT2D eigenvalue weighted by Crippen LogP contribution is 2.32. The van der Waals surface area contributed by atoms with Crippen molar-refractivity contribution in [3.05, 3.63) is 35.9 Å². The van der Waals surface area contributed by atoms with Gasteiger partial charge in [-0.1, -0.05) is 30.3 Å². The molecular formula is C17H22N2O2. The van der Waals surface area contributed by atoms with Gasteiger partial charge in [-0.2, -0.15) is 0 Å². The monoisotopic (exact) mass is 286 g/mol. The summed E-state index contributed by atoms with van der Waals surface area (Å²) in [5.41, 5.74) is 1.12. The maximum Gasteiger partial charge on any atom is 0.225 e. The fourth-order valence-corrected chi connectivity index (χ4v) is 2.88. The number of amides is 2. The van der Waals surface area contributed by atoms with Crippen LogP contribution >= 0.6 is 0 Å². The molecule has 3 rings (SSSR count). The highest BCUT2D eigenvalue weighted by atomic mass is 16.2. The average Bonchev–Trinajstić information content (AvgIpc) is 3.38. The van der Waals surface area contributed by atoms with Crippen molar-refractivity contribution in [2.75, 3.05) is 13.1 Å². The highest BCUT2D eigenvalue weighted by molar-refractivity contribution is 5.82. The Kier molecular flexibility index (Phi) is 4.23. The summed E-state index contributed by atoms with van der Waals surface area (Å²) in [5, 5.41) is 3.01. The summed E-state index contributed by atoms with van der Waals surface area (Å²) in [6, 6.07) is 9.94. The van der Waals surface area contributed by atoms with E-state index in [9.17, 15) is 9.59 Å². The lowest BCUT2D eigenvalue weighted by molar-refractivity contribution is -0.136. The molecule has 1 heterocycles. The summed E-state index contributed by atoms with van der Waals surface area (Å²) in [6.45, 7) is 2.05. The molecule has 21 heavy (non-hydrogen) atoms. The number of rotatable bonds is 4. The van der Waals surface area contributed by atoms with Crippen LogP contribution in [0.15, 0.2) is 30.3 Å². The zero-order chi connectivity index (χ0) is 14.7. The normalized spacial score (nSPS) is 19.3. The van der Waals surface area contributed by atoms with Crippen LogP contribution in [0.25, 0.3) is 0 Å². The fraction of sp³-hybridized carbons (Fsp3) is 0.529. The average molecular weight is 286 g/mol. The summed E-state index contributed by atoms with van der Waals surface area (Å²) in [7, 11) is 0. The van der Waals surface area contributed by atoms with Gasteiger partial charge in [-0.05, 0) is 31.2 Å². The molecule has 2 amide bonds. The van der Waals surface area contributed by atoms with Crippen molar-refractivity contribution in [1.29, 1.82) is 0 Å². The van der Waals surface area contributed by atoms with E-state index in [1.807, 2.05) is 35.2 Å². The molecule has 4 nitrogen and oxygen atoms in total. The van der Waals surface area contributed by atoms with E-state index in [0.29, 0.717) is 12.5 Å².